The molecular weight excluding hydrogens is 364 g/mol. The highest BCUT2D eigenvalue weighted by Gasteiger charge is 2.24. The first-order valence-corrected chi connectivity index (χ1v) is 7.45. The molecule has 0 radical (unpaired) electrons. The highest BCUT2D eigenvalue weighted by atomic mass is 127. The number of thiophene rings is 1. The van der Waals surface area contributed by atoms with Crippen LogP contribution in [0, 0.1) is 8.70 Å². The van der Waals surface area contributed by atoms with Gasteiger partial charge in [-0.05, 0) is 51.2 Å². The van der Waals surface area contributed by atoms with E-state index in [9.17, 15) is 9.50 Å². The Hall–Kier alpha value is -0.500. The van der Waals surface area contributed by atoms with Crippen molar-refractivity contribution >= 4 is 33.9 Å². The van der Waals surface area contributed by atoms with Gasteiger partial charge in [0.05, 0.1) is 8.99 Å². The summed E-state index contributed by atoms with van der Waals surface area (Å²) in [7, 11) is 0. The van der Waals surface area contributed by atoms with Gasteiger partial charge >= 0.3 is 0 Å². The zero-order valence-electron chi connectivity index (χ0n) is 9.51. The molecule has 2 rings (SSSR count). The Morgan fingerprint density at radius 2 is 2.11 bits per heavy atom. The van der Waals surface area contributed by atoms with Crippen molar-refractivity contribution in [1.29, 1.82) is 0 Å². The zero-order chi connectivity index (χ0) is 13.1. The molecule has 96 valence electrons. The summed E-state index contributed by atoms with van der Waals surface area (Å²) in [6.45, 7) is 0.203. The molecule has 18 heavy (non-hydrogen) atoms. The Labute approximate surface area is 123 Å². The quantitative estimate of drug-likeness (QED) is 0.804. The van der Waals surface area contributed by atoms with Crippen molar-refractivity contribution in [2.75, 3.05) is 6.54 Å². The minimum atomic E-state index is -0.772. The van der Waals surface area contributed by atoms with Crippen LogP contribution >= 0.6 is 33.9 Å². The van der Waals surface area contributed by atoms with E-state index < -0.39 is 12.0 Å². The van der Waals surface area contributed by atoms with Gasteiger partial charge in [-0.3, -0.25) is 0 Å². The summed E-state index contributed by atoms with van der Waals surface area (Å²) in [5.41, 5.74) is 6.95. The molecule has 1 heterocycles. The third-order valence-electron chi connectivity index (χ3n) is 2.87. The van der Waals surface area contributed by atoms with Crippen LogP contribution in [0.15, 0.2) is 35.7 Å². The Balaban J connectivity index is 2.32. The molecule has 2 nitrogen and oxygen atoms in total. The molecule has 0 bridgehead atoms. The van der Waals surface area contributed by atoms with E-state index in [0.717, 1.165) is 8.45 Å². The minimum Gasteiger partial charge on any atom is -0.388 e. The second-order valence-corrected chi connectivity index (χ2v) is 6.80. The molecule has 0 aliphatic carbocycles. The Morgan fingerprint density at radius 1 is 1.39 bits per heavy atom. The first kappa shape index (κ1) is 13.9. The maximum atomic E-state index is 13.7. The maximum Gasteiger partial charge on any atom is 0.126 e. The van der Waals surface area contributed by atoms with Gasteiger partial charge in [-0.15, -0.1) is 11.3 Å². The lowest BCUT2D eigenvalue weighted by atomic mass is 9.90. The van der Waals surface area contributed by atoms with Crippen LogP contribution < -0.4 is 5.73 Å². The monoisotopic (exact) mass is 377 g/mol. The fourth-order valence-electron chi connectivity index (χ4n) is 1.91. The average Bonchev–Trinajstić information content (AvgIpc) is 2.79. The van der Waals surface area contributed by atoms with Crippen LogP contribution in [0.25, 0.3) is 0 Å². The van der Waals surface area contributed by atoms with E-state index in [1.54, 1.807) is 29.5 Å². The average molecular weight is 377 g/mol. The van der Waals surface area contributed by atoms with Crippen molar-refractivity contribution in [3.63, 3.8) is 0 Å². The van der Waals surface area contributed by atoms with Crippen molar-refractivity contribution in [3.05, 3.63) is 55.5 Å². The minimum absolute atomic E-state index is 0.203. The molecule has 0 saturated carbocycles. The molecule has 0 spiro atoms. The van der Waals surface area contributed by atoms with Gasteiger partial charge < -0.3 is 10.8 Å². The second kappa shape index (κ2) is 6.10. The number of hydrogen-bond acceptors (Lipinski definition) is 3. The summed E-state index contributed by atoms with van der Waals surface area (Å²) < 4.78 is 14.8. The summed E-state index contributed by atoms with van der Waals surface area (Å²) in [5, 5.41) is 12.2. The van der Waals surface area contributed by atoms with E-state index in [-0.39, 0.29) is 12.4 Å². The fraction of sp³-hybridized carbons (Fsp3) is 0.231. The molecule has 0 aliphatic heterocycles. The first-order chi connectivity index (χ1) is 8.63. The molecule has 0 amide bonds. The largest absolute Gasteiger partial charge is 0.388 e. The topological polar surface area (TPSA) is 46.2 Å². The van der Waals surface area contributed by atoms with Crippen LogP contribution in [0.5, 0.6) is 0 Å². The van der Waals surface area contributed by atoms with E-state index >= 15 is 0 Å². The Morgan fingerprint density at radius 3 is 2.67 bits per heavy atom. The summed E-state index contributed by atoms with van der Waals surface area (Å²) in [6.07, 6.45) is -0.772. The Kier molecular flexibility index (Phi) is 4.71. The van der Waals surface area contributed by atoms with Gasteiger partial charge in [-0.25, -0.2) is 4.39 Å². The van der Waals surface area contributed by atoms with Crippen molar-refractivity contribution in [2.24, 2.45) is 5.73 Å². The first-order valence-electron chi connectivity index (χ1n) is 5.50. The van der Waals surface area contributed by atoms with Crippen LogP contribution in [0.2, 0.25) is 0 Å². The van der Waals surface area contributed by atoms with E-state index in [4.69, 9.17) is 5.73 Å². The number of halogens is 2. The number of nitrogens with two attached hydrogens (primary N) is 1. The molecule has 2 atom stereocenters. The molecular formula is C13H13FINOS. The standard InChI is InChI=1S/C13H13FINOS/c14-11-4-2-1-3-9(11)10(6-16)13(17)8-5-12(15)18-7-8/h1-5,7,10,13,17H,6,16H2. The SMILES string of the molecule is NCC(c1ccccc1F)C(O)c1csc(I)c1. The van der Waals surface area contributed by atoms with Crippen molar-refractivity contribution in [3.8, 4) is 0 Å². The van der Waals surface area contributed by atoms with Crippen LogP contribution in [-0.2, 0) is 0 Å². The third kappa shape index (κ3) is 2.90. The van der Waals surface area contributed by atoms with Crippen LogP contribution in [0.3, 0.4) is 0 Å². The molecule has 5 heteroatoms. The number of hydrogen-bond donors (Lipinski definition) is 2. The van der Waals surface area contributed by atoms with Gasteiger partial charge in [0.15, 0.2) is 0 Å². The van der Waals surface area contributed by atoms with Gasteiger partial charge in [-0.2, -0.15) is 0 Å². The predicted octanol–water partition coefficient (Wildman–Crippen LogP) is 3.27. The van der Waals surface area contributed by atoms with Gasteiger partial charge in [0.2, 0.25) is 0 Å². The zero-order valence-corrected chi connectivity index (χ0v) is 12.5. The lowest BCUT2D eigenvalue weighted by molar-refractivity contribution is 0.146. The highest BCUT2D eigenvalue weighted by Crippen LogP contribution is 2.33. The summed E-state index contributed by atoms with van der Waals surface area (Å²) in [6, 6.07) is 8.35. The molecule has 2 aromatic rings. The maximum absolute atomic E-state index is 13.7. The molecule has 0 fully saturated rings. The number of benzene rings is 1. The fourth-order valence-corrected chi connectivity index (χ4v) is 3.31. The second-order valence-electron chi connectivity index (χ2n) is 3.99. The number of aliphatic hydroxyl groups excluding tert-OH is 1. The summed E-state index contributed by atoms with van der Waals surface area (Å²) >= 11 is 3.75. The highest BCUT2D eigenvalue weighted by molar-refractivity contribution is 14.1. The van der Waals surface area contributed by atoms with Gasteiger partial charge in [0.25, 0.3) is 0 Å². The normalized spacial score (nSPS) is 14.4. The summed E-state index contributed by atoms with van der Waals surface area (Å²) in [5.74, 6) is -0.742. The van der Waals surface area contributed by atoms with Crippen LogP contribution in [0.4, 0.5) is 4.39 Å². The van der Waals surface area contributed by atoms with Crippen molar-refractivity contribution in [1.82, 2.24) is 0 Å². The predicted molar refractivity (Wildman–Crippen MR) is 80.2 cm³/mol. The van der Waals surface area contributed by atoms with E-state index in [1.165, 1.54) is 6.07 Å². The number of rotatable bonds is 4. The van der Waals surface area contributed by atoms with E-state index in [2.05, 4.69) is 22.6 Å². The molecule has 0 saturated heterocycles. The van der Waals surface area contributed by atoms with Crippen LogP contribution in [0.1, 0.15) is 23.1 Å². The molecule has 1 aromatic heterocycles. The lowest BCUT2D eigenvalue weighted by Gasteiger charge is -2.21. The van der Waals surface area contributed by atoms with Crippen LogP contribution in [-0.4, -0.2) is 11.7 Å². The molecule has 2 unspecified atom stereocenters. The van der Waals surface area contributed by atoms with Gasteiger partial charge in [-0.1, -0.05) is 18.2 Å². The lowest BCUT2D eigenvalue weighted by Crippen LogP contribution is -2.20. The molecule has 0 aliphatic rings. The molecule has 1 aromatic carbocycles. The van der Waals surface area contributed by atoms with E-state index in [1.807, 2.05) is 11.4 Å². The summed E-state index contributed by atoms with van der Waals surface area (Å²) in [4.78, 5) is 0. The Bertz CT molecular complexity index is 531. The van der Waals surface area contributed by atoms with Crippen molar-refractivity contribution in [2.45, 2.75) is 12.0 Å². The third-order valence-corrected chi connectivity index (χ3v) is 4.68. The smallest absolute Gasteiger partial charge is 0.126 e. The van der Waals surface area contributed by atoms with Crippen molar-refractivity contribution < 1.29 is 9.50 Å². The van der Waals surface area contributed by atoms with Gasteiger partial charge in [0, 0.05) is 12.5 Å². The van der Waals surface area contributed by atoms with Gasteiger partial charge in [0.1, 0.15) is 5.82 Å². The van der Waals surface area contributed by atoms with E-state index in [0.29, 0.717) is 5.56 Å². The number of aliphatic hydroxyl groups is 1. The molecule has 3 N–H and O–H groups in total.